The molecule has 5 heteroatoms. The molecule has 3 rings (SSSR count). The fraction of sp³-hybridized carbons (Fsp3) is 0.222. The van der Waals surface area contributed by atoms with Crippen LogP contribution in [0.1, 0.15) is 16.7 Å². The third-order valence-electron chi connectivity index (χ3n) is 3.99. The van der Waals surface area contributed by atoms with Crippen LogP contribution in [0, 0.1) is 0 Å². The second-order valence-corrected chi connectivity index (χ2v) is 6.11. The summed E-state index contributed by atoms with van der Waals surface area (Å²) in [6.07, 6.45) is 0.752. The van der Waals surface area contributed by atoms with Crippen LogP contribution in [0.5, 0.6) is 0 Å². The lowest BCUT2D eigenvalue weighted by atomic mass is 10.1. The summed E-state index contributed by atoms with van der Waals surface area (Å²) < 4.78 is 0. The van der Waals surface area contributed by atoms with E-state index in [1.54, 1.807) is 24.1 Å². The van der Waals surface area contributed by atoms with Crippen molar-refractivity contribution >= 4 is 29.1 Å². The number of hydrogen-bond donors (Lipinski definition) is 1. The molecule has 0 unspecified atom stereocenters. The average Bonchev–Trinajstić information content (AvgIpc) is 2.82. The van der Waals surface area contributed by atoms with Crippen molar-refractivity contribution in [1.29, 1.82) is 0 Å². The minimum absolute atomic E-state index is 0.0407. The topological polar surface area (TPSA) is 49.4 Å². The van der Waals surface area contributed by atoms with E-state index in [4.69, 9.17) is 11.6 Å². The fourth-order valence-electron chi connectivity index (χ4n) is 2.68. The number of nitrogens with one attached hydrogen (secondary N) is 1. The third kappa shape index (κ3) is 3.54. The second kappa shape index (κ2) is 6.42. The summed E-state index contributed by atoms with van der Waals surface area (Å²) in [4.78, 5) is 25.3. The summed E-state index contributed by atoms with van der Waals surface area (Å²) in [6, 6.07) is 13.1. The van der Waals surface area contributed by atoms with Gasteiger partial charge in [0.2, 0.25) is 11.8 Å². The van der Waals surface area contributed by atoms with Gasteiger partial charge in [0, 0.05) is 24.3 Å². The zero-order chi connectivity index (χ0) is 16.4. The molecule has 1 heterocycles. The molecule has 0 aromatic heterocycles. The number of carbonyl (C=O) groups excluding carboxylic acids is 2. The molecule has 2 aromatic carbocycles. The van der Waals surface area contributed by atoms with Gasteiger partial charge in [-0.15, -0.1) is 0 Å². The molecule has 2 aromatic rings. The number of carbonyl (C=O) groups is 2. The number of anilines is 1. The van der Waals surface area contributed by atoms with Crippen molar-refractivity contribution in [2.24, 2.45) is 0 Å². The maximum Gasteiger partial charge on any atom is 0.231 e. The number of rotatable bonds is 4. The van der Waals surface area contributed by atoms with Gasteiger partial charge in [-0.1, -0.05) is 35.9 Å². The van der Waals surface area contributed by atoms with E-state index >= 15 is 0 Å². The van der Waals surface area contributed by atoms with Crippen LogP contribution in [-0.2, 0) is 29.0 Å². The van der Waals surface area contributed by atoms with Gasteiger partial charge in [-0.2, -0.15) is 0 Å². The van der Waals surface area contributed by atoms with Crippen molar-refractivity contribution in [3.05, 3.63) is 64.2 Å². The predicted molar refractivity (Wildman–Crippen MR) is 90.6 cm³/mol. The van der Waals surface area contributed by atoms with Crippen LogP contribution in [0.15, 0.2) is 42.5 Å². The largest absolute Gasteiger partial charge is 0.352 e. The standard InChI is InChI=1S/C18H17ClN2O2/c1-21-16-7-4-13(8-14(16)10-18(21)23)11-20-17(22)9-12-2-5-15(19)6-3-12/h2-8H,9-11H2,1H3,(H,20,22). The van der Waals surface area contributed by atoms with Gasteiger partial charge >= 0.3 is 0 Å². The van der Waals surface area contributed by atoms with Gasteiger partial charge < -0.3 is 10.2 Å². The van der Waals surface area contributed by atoms with Crippen molar-refractivity contribution in [3.8, 4) is 0 Å². The summed E-state index contributed by atoms with van der Waals surface area (Å²) in [7, 11) is 1.78. The molecule has 4 nitrogen and oxygen atoms in total. The van der Waals surface area contributed by atoms with E-state index in [1.807, 2.05) is 30.3 Å². The highest BCUT2D eigenvalue weighted by atomic mass is 35.5. The van der Waals surface area contributed by atoms with E-state index in [-0.39, 0.29) is 11.8 Å². The lowest BCUT2D eigenvalue weighted by Crippen LogP contribution is -2.24. The Morgan fingerprint density at radius 2 is 1.87 bits per heavy atom. The smallest absolute Gasteiger partial charge is 0.231 e. The van der Waals surface area contributed by atoms with E-state index in [9.17, 15) is 9.59 Å². The third-order valence-corrected chi connectivity index (χ3v) is 4.24. The van der Waals surface area contributed by atoms with E-state index in [0.717, 1.165) is 22.4 Å². The van der Waals surface area contributed by atoms with Gasteiger partial charge in [-0.25, -0.2) is 0 Å². The highest BCUT2D eigenvalue weighted by Gasteiger charge is 2.23. The van der Waals surface area contributed by atoms with Gasteiger partial charge in [-0.3, -0.25) is 9.59 Å². The number of hydrogen-bond acceptors (Lipinski definition) is 2. The zero-order valence-electron chi connectivity index (χ0n) is 12.8. The van der Waals surface area contributed by atoms with Crippen LogP contribution in [0.3, 0.4) is 0 Å². The Kier molecular flexibility index (Phi) is 4.35. The predicted octanol–water partition coefficient (Wildman–Crippen LogP) is 2.72. The maximum absolute atomic E-state index is 12.0. The van der Waals surface area contributed by atoms with Crippen molar-refractivity contribution in [3.63, 3.8) is 0 Å². The molecule has 0 saturated heterocycles. The highest BCUT2D eigenvalue weighted by molar-refractivity contribution is 6.30. The molecule has 1 N–H and O–H groups in total. The molecule has 0 aliphatic carbocycles. The Morgan fingerprint density at radius 3 is 2.61 bits per heavy atom. The Morgan fingerprint density at radius 1 is 1.17 bits per heavy atom. The van der Waals surface area contributed by atoms with Gasteiger partial charge in [0.1, 0.15) is 0 Å². The quantitative estimate of drug-likeness (QED) is 0.938. The average molecular weight is 329 g/mol. The Bertz CT molecular complexity index is 756. The molecule has 0 spiro atoms. The molecule has 0 atom stereocenters. The molecule has 23 heavy (non-hydrogen) atoms. The van der Waals surface area contributed by atoms with Crippen molar-refractivity contribution in [2.75, 3.05) is 11.9 Å². The van der Waals surface area contributed by atoms with Crippen LogP contribution in [-0.4, -0.2) is 18.9 Å². The monoisotopic (exact) mass is 328 g/mol. The van der Waals surface area contributed by atoms with Crippen molar-refractivity contribution in [2.45, 2.75) is 19.4 Å². The van der Waals surface area contributed by atoms with Gasteiger partial charge in [0.05, 0.1) is 12.8 Å². The molecule has 0 radical (unpaired) electrons. The first-order chi connectivity index (χ1) is 11.0. The van der Waals surface area contributed by atoms with Gasteiger partial charge in [0.25, 0.3) is 0 Å². The van der Waals surface area contributed by atoms with Gasteiger partial charge in [0.15, 0.2) is 0 Å². The highest BCUT2D eigenvalue weighted by Crippen LogP contribution is 2.28. The fourth-order valence-corrected chi connectivity index (χ4v) is 2.81. The lowest BCUT2D eigenvalue weighted by molar-refractivity contribution is -0.120. The first-order valence-electron chi connectivity index (χ1n) is 7.42. The molecule has 1 aliphatic heterocycles. The molecule has 0 fully saturated rings. The van der Waals surface area contributed by atoms with E-state index < -0.39 is 0 Å². The molecular formula is C18H17ClN2O2. The summed E-state index contributed by atoms with van der Waals surface area (Å²) in [5.41, 5.74) is 3.89. The maximum atomic E-state index is 12.0. The molecule has 0 bridgehead atoms. The molecule has 0 saturated carbocycles. The zero-order valence-corrected chi connectivity index (χ0v) is 13.6. The molecule has 1 aliphatic rings. The molecule has 118 valence electrons. The normalized spacial score (nSPS) is 13.1. The van der Waals surface area contributed by atoms with Crippen LogP contribution in [0.25, 0.3) is 0 Å². The van der Waals surface area contributed by atoms with Crippen molar-refractivity contribution < 1.29 is 9.59 Å². The minimum Gasteiger partial charge on any atom is -0.352 e. The second-order valence-electron chi connectivity index (χ2n) is 5.67. The number of amides is 2. The summed E-state index contributed by atoms with van der Waals surface area (Å²) in [5.74, 6) is 0.0601. The SMILES string of the molecule is CN1C(=O)Cc2cc(CNC(=O)Cc3ccc(Cl)cc3)ccc21. The van der Waals surface area contributed by atoms with E-state index in [2.05, 4.69) is 5.32 Å². The van der Waals surface area contributed by atoms with Gasteiger partial charge in [-0.05, 0) is 34.9 Å². The number of halogens is 1. The van der Waals surface area contributed by atoms with Crippen LogP contribution in [0.2, 0.25) is 5.02 Å². The first-order valence-corrected chi connectivity index (χ1v) is 7.80. The summed E-state index contributed by atoms with van der Waals surface area (Å²) >= 11 is 5.83. The van der Waals surface area contributed by atoms with Crippen LogP contribution in [0.4, 0.5) is 5.69 Å². The van der Waals surface area contributed by atoms with E-state index in [0.29, 0.717) is 24.4 Å². The summed E-state index contributed by atoms with van der Waals surface area (Å²) in [6.45, 7) is 0.456. The summed E-state index contributed by atoms with van der Waals surface area (Å²) in [5, 5.41) is 3.56. The van der Waals surface area contributed by atoms with Crippen LogP contribution < -0.4 is 10.2 Å². The Labute approximate surface area is 140 Å². The molecule has 2 amide bonds. The van der Waals surface area contributed by atoms with Crippen LogP contribution >= 0.6 is 11.6 Å². The number of likely N-dealkylation sites (N-methyl/N-ethyl adjacent to an activating group) is 1. The Balaban J connectivity index is 1.58. The van der Waals surface area contributed by atoms with E-state index in [1.165, 1.54) is 0 Å². The number of benzene rings is 2. The molecular weight excluding hydrogens is 312 g/mol. The lowest BCUT2D eigenvalue weighted by Gasteiger charge is -2.11. The van der Waals surface area contributed by atoms with Crippen molar-refractivity contribution in [1.82, 2.24) is 5.32 Å². The number of nitrogens with zero attached hydrogens (tertiary/aromatic N) is 1. The number of fused-ring (bicyclic) bond motifs is 1. The Hall–Kier alpha value is -2.33. The minimum atomic E-state index is -0.0407. The first kappa shape index (κ1) is 15.6.